The summed E-state index contributed by atoms with van der Waals surface area (Å²) in [5, 5.41) is 1.23. The van der Waals surface area contributed by atoms with Crippen LogP contribution >= 0.6 is 20.8 Å². The van der Waals surface area contributed by atoms with Gasteiger partial charge in [-0.2, -0.15) is 0 Å². The van der Waals surface area contributed by atoms with Crippen LogP contribution in [0.5, 0.6) is 0 Å². The summed E-state index contributed by atoms with van der Waals surface area (Å²) in [5.74, 6) is -0.331. The van der Waals surface area contributed by atoms with Crippen molar-refractivity contribution in [2.75, 3.05) is 19.3 Å². The van der Waals surface area contributed by atoms with Gasteiger partial charge < -0.3 is 0 Å². The second kappa shape index (κ2) is 11.0. The number of benzene rings is 3. The standard InChI is InChI=1S/C26H31BrNO2P/c27-31(23-14-6-3-7-15-23,24-16-8-4-9-17-24,25-18-10-5-11-19-25)21-13-2-1-12-20-30-26(29)22-28/h3-11,14-19H,1-2,12-13,20-22,28H2. The molecule has 164 valence electrons. The van der Waals surface area contributed by atoms with Crippen LogP contribution in [0.2, 0.25) is 0 Å². The van der Waals surface area contributed by atoms with E-state index in [4.69, 9.17) is 10.5 Å². The van der Waals surface area contributed by atoms with Crippen LogP contribution in [0.4, 0.5) is 0 Å². The summed E-state index contributed by atoms with van der Waals surface area (Å²) in [5.41, 5.74) is 5.29. The van der Waals surface area contributed by atoms with Gasteiger partial charge in [0.1, 0.15) is 0 Å². The second-order valence-electron chi connectivity index (χ2n) is 7.75. The van der Waals surface area contributed by atoms with E-state index in [2.05, 4.69) is 106 Å². The molecule has 0 fully saturated rings. The third-order valence-corrected chi connectivity index (χ3v) is 15.8. The van der Waals surface area contributed by atoms with Crippen molar-refractivity contribution in [3.05, 3.63) is 91.0 Å². The quantitative estimate of drug-likeness (QED) is 0.232. The molecule has 2 N–H and O–H groups in total. The molecule has 0 amide bonds. The fraction of sp³-hybridized carbons (Fsp3) is 0.269. The van der Waals surface area contributed by atoms with Crippen LogP contribution in [0.1, 0.15) is 25.7 Å². The van der Waals surface area contributed by atoms with E-state index in [9.17, 15) is 4.79 Å². The Morgan fingerprint density at radius 1 is 0.710 bits per heavy atom. The molecule has 0 atom stereocenters. The van der Waals surface area contributed by atoms with Gasteiger partial charge in [0.15, 0.2) is 0 Å². The predicted octanol–water partition coefficient (Wildman–Crippen LogP) is 4.89. The summed E-state index contributed by atoms with van der Waals surface area (Å²) in [6.07, 6.45) is 5.08. The Balaban J connectivity index is 1.89. The molecule has 0 aliphatic rings. The maximum atomic E-state index is 11.2. The van der Waals surface area contributed by atoms with Crippen LogP contribution < -0.4 is 21.6 Å². The predicted molar refractivity (Wildman–Crippen MR) is 137 cm³/mol. The van der Waals surface area contributed by atoms with Crippen molar-refractivity contribution in [3.8, 4) is 0 Å². The number of esters is 1. The number of ether oxygens (including phenoxy) is 1. The molecule has 0 heterocycles. The monoisotopic (exact) mass is 499 g/mol. The average molecular weight is 500 g/mol. The van der Waals surface area contributed by atoms with E-state index in [1.807, 2.05) is 0 Å². The number of carbonyl (C=O) groups is 1. The van der Waals surface area contributed by atoms with Crippen LogP contribution in [0.3, 0.4) is 0 Å². The van der Waals surface area contributed by atoms with Crippen LogP contribution in [-0.4, -0.2) is 25.3 Å². The fourth-order valence-corrected chi connectivity index (χ4v) is 11.9. The van der Waals surface area contributed by atoms with Crippen molar-refractivity contribution in [1.29, 1.82) is 0 Å². The van der Waals surface area contributed by atoms with Gasteiger partial charge in [0, 0.05) is 0 Å². The Kier molecular flexibility index (Phi) is 8.43. The van der Waals surface area contributed by atoms with Crippen LogP contribution in [-0.2, 0) is 9.53 Å². The Morgan fingerprint density at radius 3 is 1.55 bits per heavy atom. The van der Waals surface area contributed by atoms with Gasteiger partial charge in [-0.25, -0.2) is 0 Å². The third-order valence-electron chi connectivity index (χ3n) is 5.79. The van der Waals surface area contributed by atoms with Gasteiger partial charge in [-0.15, -0.1) is 0 Å². The first kappa shape index (κ1) is 23.7. The van der Waals surface area contributed by atoms with Crippen LogP contribution in [0.25, 0.3) is 0 Å². The SMILES string of the molecule is NCC(=O)OCCCCCCP(Br)(c1ccccc1)(c1ccccc1)c1ccccc1. The van der Waals surface area contributed by atoms with E-state index in [0.29, 0.717) is 6.61 Å². The van der Waals surface area contributed by atoms with Gasteiger partial charge in [-0.1, -0.05) is 0 Å². The molecule has 5 heteroatoms. The molecule has 3 rings (SSSR count). The molecule has 3 nitrogen and oxygen atoms in total. The van der Waals surface area contributed by atoms with Gasteiger partial charge in [0.05, 0.1) is 0 Å². The van der Waals surface area contributed by atoms with E-state index in [1.54, 1.807) is 0 Å². The van der Waals surface area contributed by atoms with E-state index >= 15 is 0 Å². The Morgan fingerprint density at radius 2 is 1.13 bits per heavy atom. The van der Waals surface area contributed by atoms with Crippen molar-refractivity contribution in [3.63, 3.8) is 0 Å². The average Bonchev–Trinajstić information content (AvgIpc) is 2.85. The summed E-state index contributed by atoms with van der Waals surface area (Å²) >= 11 is 4.48. The molecule has 0 aromatic heterocycles. The number of hydrogen-bond donors (Lipinski definition) is 1. The zero-order valence-electron chi connectivity index (χ0n) is 17.8. The second-order valence-corrected chi connectivity index (χ2v) is 16.8. The molecule has 0 saturated carbocycles. The number of nitrogens with two attached hydrogens (primary N) is 1. The molecule has 3 aromatic carbocycles. The van der Waals surface area contributed by atoms with E-state index in [-0.39, 0.29) is 12.5 Å². The van der Waals surface area contributed by atoms with Crippen LogP contribution in [0, 0.1) is 0 Å². The first-order chi connectivity index (χ1) is 15.1. The van der Waals surface area contributed by atoms with Gasteiger partial charge in [0.25, 0.3) is 0 Å². The van der Waals surface area contributed by atoms with Crippen molar-refractivity contribution >= 4 is 42.7 Å². The maximum absolute atomic E-state index is 11.2. The van der Waals surface area contributed by atoms with Gasteiger partial charge >= 0.3 is 194 Å². The van der Waals surface area contributed by atoms with E-state index < -0.39 is 5.31 Å². The summed E-state index contributed by atoms with van der Waals surface area (Å²) in [7, 11) is 0. The van der Waals surface area contributed by atoms with Crippen molar-refractivity contribution < 1.29 is 9.53 Å². The third kappa shape index (κ3) is 5.26. The molecule has 0 aliphatic heterocycles. The summed E-state index contributed by atoms with van der Waals surface area (Å²) in [6.45, 7) is 0.396. The molecular formula is C26H31BrNO2P. The van der Waals surface area contributed by atoms with E-state index in [0.717, 1.165) is 31.8 Å². The summed E-state index contributed by atoms with van der Waals surface area (Å²) in [4.78, 5) is 11.2. The number of unbranched alkanes of at least 4 members (excludes halogenated alkanes) is 3. The Bertz CT molecular complexity index is 851. The summed E-state index contributed by atoms with van der Waals surface area (Å²) < 4.78 is 5.10. The normalized spacial score (nSPS) is 12.6. The van der Waals surface area contributed by atoms with Crippen molar-refractivity contribution in [2.24, 2.45) is 5.73 Å². The number of carbonyl (C=O) groups excluding carboxylic acids is 1. The van der Waals surface area contributed by atoms with Crippen molar-refractivity contribution in [1.82, 2.24) is 0 Å². The molecule has 0 bridgehead atoms. The minimum atomic E-state index is -2.82. The number of halogens is 1. The first-order valence-corrected chi connectivity index (χ1v) is 15.3. The van der Waals surface area contributed by atoms with Gasteiger partial charge in [-0.05, 0) is 0 Å². The molecule has 3 aromatic rings. The summed E-state index contributed by atoms with van der Waals surface area (Å²) in [6, 6.07) is 32.6. The topological polar surface area (TPSA) is 52.3 Å². The Labute approximate surface area is 193 Å². The fourth-order valence-electron chi connectivity index (χ4n) is 4.16. The number of rotatable bonds is 11. The molecule has 0 saturated heterocycles. The zero-order valence-corrected chi connectivity index (χ0v) is 20.3. The van der Waals surface area contributed by atoms with Crippen molar-refractivity contribution in [2.45, 2.75) is 25.7 Å². The molecule has 0 unspecified atom stereocenters. The Hall–Kier alpha value is -2.00. The molecule has 0 spiro atoms. The zero-order chi connectivity index (χ0) is 22.0. The van der Waals surface area contributed by atoms with Crippen LogP contribution in [0.15, 0.2) is 91.0 Å². The van der Waals surface area contributed by atoms with E-state index in [1.165, 1.54) is 15.9 Å². The minimum absolute atomic E-state index is 0.0521. The molecule has 0 radical (unpaired) electrons. The molecular weight excluding hydrogens is 469 g/mol. The molecule has 0 aliphatic carbocycles. The number of hydrogen-bond acceptors (Lipinski definition) is 3. The van der Waals surface area contributed by atoms with Gasteiger partial charge in [0.2, 0.25) is 0 Å². The first-order valence-electron chi connectivity index (χ1n) is 10.8. The van der Waals surface area contributed by atoms with Gasteiger partial charge in [-0.3, -0.25) is 0 Å². The molecule has 31 heavy (non-hydrogen) atoms.